The van der Waals surface area contributed by atoms with Gasteiger partial charge in [0.1, 0.15) is 17.7 Å². The van der Waals surface area contributed by atoms with Crippen LogP contribution in [0.5, 0.6) is 5.75 Å². The third kappa shape index (κ3) is 5.93. The highest BCUT2D eigenvalue weighted by molar-refractivity contribution is 5.92. The summed E-state index contributed by atoms with van der Waals surface area (Å²) in [4.78, 5) is 21.5. The van der Waals surface area contributed by atoms with E-state index in [0.717, 1.165) is 54.8 Å². The van der Waals surface area contributed by atoms with Gasteiger partial charge in [-0.2, -0.15) is 0 Å². The van der Waals surface area contributed by atoms with E-state index in [-0.39, 0.29) is 5.91 Å². The number of nitrogens with one attached hydrogen (secondary N) is 1. The van der Waals surface area contributed by atoms with Crippen molar-refractivity contribution < 1.29 is 13.9 Å². The Hall–Kier alpha value is -3.16. The number of piperazine rings is 1. The molecule has 0 saturated carbocycles. The standard InChI is InChI=1S/C24H28N4O3/c1-2-30-21-10-8-20(9-11-21)25-23(29)16-27-12-14-28(15-13-27)17-24-26-22(18-31-24)19-6-4-3-5-7-19/h3-11,18H,2,12-17H2,1H3,(H,25,29). The van der Waals surface area contributed by atoms with Crippen LogP contribution >= 0.6 is 0 Å². The molecule has 1 saturated heterocycles. The number of nitrogens with zero attached hydrogens (tertiary/aromatic N) is 3. The van der Waals surface area contributed by atoms with Gasteiger partial charge in [-0.05, 0) is 31.2 Å². The van der Waals surface area contributed by atoms with Crippen molar-refractivity contribution in [3.63, 3.8) is 0 Å². The molecule has 7 nitrogen and oxygen atoms in total. The van der Waals surface area contributed by atoms with Gasteiger partial charge in [-0.3, -0.25) is 14.6 Å². The Morgan fingerprint density at radius 2 is 1.74 bits per heavy atom. The van der Waals surface area contributed by atoms with Gasteiger partial charge >= 0.3 is 0 Å². The summed E-state index contributed by atoms with van der Waals surface area (Å²) in [6.07, 6.45) is 1.71. The molecule has 0 atom stereocenters. The van der Waals surface area contributed by atoms with E-state index in [4.69, 9.17) is 9.15 Å². The van der Waals surface area contributed by atoms with E-state index in [0.29, 0.717) is 19.7 Å². The Kier molecular flexibility index (Phi) is 6.96. The summed E-state index contributed by atoms with van der Waals surface area (Å²) in [5.74, 6) is 1.52. The number of hydrogen-bond acceptors (Lipinski definition) is 6. The number of carbonyl (C=O) groups excluding carboxylic acids is 1. The van der Waals surface area contributed by atoms with Gasteiger partial charge in [-0.15, -0.1) is 0 Å². The SMILES string of the molecule is CCOc1ccc(NC(=O)CN2CCN(Cc3nc(-c4ccccc4)co3)CC2)cc1. The van der Waals surface area contributed by atoms with E-state index in [1.807, 2.05) is 61.5 Å². The summed E-state index contributed by atoms with van der Waals surface area (Å²) >= 11 is 0. The van der Waals surface area contributed by atoms with Crippen molar-refractivity contribution in [2.24, 2.45) is 0 Å². The minimum atomic E-state index is -0.00202. The first-order valence-electron chi connectivity index (χ1n) is 10.7. The predicted molar refractivity (Wildman–Crippen MR) is 120 cm³/mol. The third-order valence-corrected chi connectivity index (χ3v) is 5.26. The summed E-state index contributed by atoms with van der Waals surface area (Å²) in [7, 11) is 0. The van der Waals surface area contributed by atoms with Gasteiger partial charge in [0.2, 0.25) is 11.8 Å². The second-order valence-corrected chi connectivity index (χ2v) is 7.55. The number of rotatable bonds is 8. The highest BCUT2D eigenvalue weighted by Gasteiger charge is 2.20. The van der Waals surface area contributed by atoms with Crippen molar-refractivity contribution in [3.8, 4) is 17.0 Å². The minimum Gasteiger partial charge on any atom is -0.494 e. The van der Waals surface area contributed by atoms with Crippen molar-refractivity contribution in [1.29, 1.82) is 0 Å². The maximum Gasteiger partial charge on any atom is 0.238 e. The summed E-state index contributed by atoms with van der Waals surface area (Å²) < 4.78 is 11.1. The molecule has 31 heavy (non-hydrogen) atoms. The zero-order chi connectivity index (χ0) is 21.5. The topological polar surface area (TPSA) is 70.8 Å². The first kappa shape index (κ1) is 21.1. The molecule has 0 radical (unpaired) electrons. The van der Waals surface area contributed by atoms with Crippen LogP contribution in [0, 0.1) is 0 Å². The van der Waals surface area contributed by atoms with Gasteiger partial charge in [-0.1, -0.05) is 30.3 Å². The van der Waals surface area contributed by atoms with Crippen molar-refractivity contribution in [2.75, 3.05) is 44.6 Å². The van der Waals surface area contributed by atoms with Crippen molar-refractivity contribution >= 4 is 11.6 Å². The van der Waals surface area contributed by atoms with Gasteiger partial charge in [0.15, 0.2) is 0 Å². The first-order chi connectivity index (χ1) is 15.2. The van der Waals surface area contributed by atoms with Gasteiger partial charge < -0.3 is 14.5 Å². The summed E-state index contributed by atoms with van der Waals surface area (Å²) in [5, 5.41) is 2.95. The molecule has 0 bridgehead atoms. The number of hydrogen-bond donors (Lipinski definition) is 1. The average Bonchev–Trinajstić information content (AvgIpc) is 3.26. The van der Waals surface area contributed by atoms with Crippen LogP contribution in [0.1, 0.15) is 12.8 Å². The summed E-state index contributed by atoms with van der Waals surface area (Å²) in [6, 6.07) is 17.5. The van der Waals surface area contributed by atoms with Crippen molar-refractivity contribution in [1.82, 2.24) is 14.8 Å². The molecule has 1 amide bonds. The molecule has 2 aromatic carbocycles. The van der Waals surface area contributed by atoms with E-state index in [2.05, 4.69) is 20.1 Å². The van der Waals surface area contributed by atoms with Crippen LogP contribution in [0.4, 0.5) is 5.69 Å². The number of amides is 1. The lowest BCUT2D eigenvalue weighted by Crippen LogP contribution is -2.48. The lowest BCUT2D eigenvalue weighted by atomic mass is 10.2. The molecule has 7 heteroatoms. The number of oxazole rings is 1. The Labute approximate surface area is 182 Å². The van der Waals surface area contributed by atoms with Crippen molar-refractivity contribution in [2.45, 2.75) is 13.5 Å². The Balaban J connectivity index is 1.21. The van der Waals surface area contributed by atoms with E-state index in [1.165, 1.54) is 0 Å². The fourth-order valence-electron chi connectivity index (χ4n) is 3.63. The molecule has 1 aliphatic heterocycles. The summed E-state index contributed by atoms with van der Waals surface area (Å²) in [5.41, 5.74) is 2.70. The smallest absolute Gasteiger partial charge is 0.238 e. The second-order valence-electron chi connectivity index (χ2n) is 7.55. The highest BCUT2D eigenvalue weighted by Crippen LogP contribution is 2.19. The van der Waals surface area contributed by atoms with Crippen LogP contribution in [0.25, 0.3) is 11.3 Å². The van der Waals surface area contributed by atoms with Crippen LogP contribution in [-0.4, -0.2) is 60.0 Å². The van der Waals surface area contributed by atoms with Crippen LogP contribution in [0.3, 0.4) is 0 Å². The second kappa shape index (κ2) is 10.2. The highest BCUT2D eigenvalue weighted by atomic mass is 16.5. The molecule has 1 fully saturated rings. The van der Waals surface area contributed by atoms with E-state index < -0.39 is 0 Å². The number of carbonyl (C=O) groups is 1. The largest absolute Gasteiger partial charge is 0.494 e. The average molecular weight is 421 g/mol. The molecular formula is C24H28N4O3. The van der Waals surface area contributed by atoms with Gasteiger partial charge in [-0.25, -0.2) is 4.98 Å². The Bertz CT molecular complexity index is 964. The lowest BCUT2D eigenvalue weighted by Gasteiger charge is -2.33. The number of anilines is 1. The molecule has 0 spiro atoms. The first-order valence-corrected chi connectivity index (χ1v) is 10.7. The molecule has 4 rings (SSSR count). The summed E-state index contributed by atoms with van der Waals surface area (Å²) in [6.45, 7) is 7.06. The van der Waals surface area contributed by atoms with E-state index in [9.17, 15) is 4.79 Å². The minimum absolute atomic E-state index is 0.00202. The van der Waals surface area contributed by atoms with Gasteiger partial charge in [0, 0.05) is 37.4 Å². The monoisotopic (exact) mass is 420 g/mol. The van der Waals surface area contributed by atoms with Crippen LogP contribution in [0.15, 0.2) is 65.3 Å². The molecule has 1 N–H and O–H groups in total. The predicted octanol–water partition coefficient (Wildman–Crippen LogP) is 3.50. The fourth-order valence-corrected chi connectivity index (χ4v) is 3.63. The quantitative estimate of drug-likeness (QED) is 0.602. The lowest BCUT2D eigenvalue weighted by molar-refractivity contribution is -0.117. The number of ether oxygens (including phenoxy) is 1. The zero-order valence-corrected chi connectivity index (χ0v) is 17.8. The van der Waals surface area contributed by atoms with Crippen molar-refractivity contribution in [3.05, 3.63) is 66.8 Å². The van der Waals surface area contributed by atoms with Crippen LogP contribution in [-0.2, 0) is 11.3 Å². The third-order valence-electron chi connectivity index (χ3n) is 5.26. The molecular weight excluding hydrogens is 392 g/mol. The molecule has 3 aromatic rings. The maximum absolute atomic E-state index is 12.4. The molecule has 162 valence electrons. The Morgan fingerprint density at radius 3 is 2.45 bits per heavy atom. The van der Waals surface area contributed by atoms with Crippen LogP contribution in [0.2, 0.25) is 0 Å². The molecule has 1 aliphatic rings. The van der Waals surface area contributed by atoms with Gasteiger partial charge in [0.05, 0.1) is 19.7 Å². The molecule has 0 aliphatic carbocycles. The number of aromatic nitrogens is 1. The molecule has 1 aromatic heterocycles. The fraction of sp³-hybridized carbons (Fsp3) is 0.333. The van der Waals surface area contributed by atoms with E-state index >= 15 is 0 Å². The molecule has 0 unspecified atom stereocenters. The van der Waals surface area contributed by atoms with Crippen LogP contribution < -0.4 is 10.1 Å². The zero-order valence-electron chi connectivity index (χ0n) is 17.8. The molecule has 2 heterocycles. The number of benzene rings is 2. The Morgan fingerprint density at radius 1 is 1.03 bits per heavy atom. The van der Waals surface area contributed by atoms with Gasteiger partial charge in [0.25, 0.3) is 0 Å². The normalized spacial score (nSPS) is 15.0. The maximum atomic E-state index is 12.4. The van der Waals surface area contributed by atoms with E-state index in [1.54, 1.807) is 6.26 Å².